The topological polar surface area (TPSA) is 73.9 Å². The lowest BCUT2D eigenvalue weighted by Crippen LogP contribution is -2.37. The molecule has 6 heteroatoms. The van der Waals surface area contributed by atoms with Crippen LogP contribution >= 0.6 is 0 Å². The van der Waals surface area contributed by atoms with Crippen LogP contribution in [0.3, 0.4) is 0 Å². The van der Waals surface area contributed by atoms with Crippen LogP contribution < -0.4 is 5.32 Å². The van der Waals surface area contributed by atoms with Gasteiger partial charge in [0.05, 0.1) is 0 Å². The van der Waals surface area contributed by atoms with E-state index >= 15 is 0 Å². The number of carbonyl (C=O) groups excluding carboxylic acids is 2. The quantitative estimate of drug-likeness (QED) is 0.556. The van der Waals surface area contributed by atoms with E-state index in [0.717, 1.165) is 0 Å². The highest BCUT2D eigenvalue weighted by Gasteiger charge is 2.20. The van der Waals surface area contributed by atoms with Gasteiger partial charge in [0, 0.05) is 0 Å². The van der Waals surface area contributed by atoms with Crippen molar-refractivity contribution in [2.24, 2.45) is 0 Å². The van der Waals surface area contributed by atoms with Crippen LogP contribution in [-0.4, -0.2) is 23.4 Å². The Hall–Kier alpha value is -1.30. The van der Waals surface area contributed by atoms with Gasteiger partial charge in [-0.25, -0.2) is 14.9 Å². The van der Waals surface area contributed by atoms with Crippen LogP contribution in [-0.2, 0) is 14.5 Å². The zero-order valence-electron chi connectivity index (χ0n) is 10.5. The first kappa shape index (κ1) is 14.7. The molecule has 6 nitrogen and oxygen atoms in total. The van der Waals surface area contributed by atoms with E-state index in [4.69, 9.17) is 9.62 Å². The summed E-state index contributed by atoms with van der Waals surface area (Å²) in [6, 6.07) is 0. The number of nitrogens with one attached hydrogen (secondary N) is 1. The summed E-state index contributed by atoms with van der Waals surface area (Å²) in [5, 5.41) is 1.86. The Labute approximate surface area is 95.2 Å². The average molecular weight is 233 g/mol. The van der Waals surface area contributed by atoms with Crippen molar-refractivity contribution in [3.05, 3.63) is 0 Å². The lowest BCUT2D eigenvalue weighted by Gasteiger charge is -2.20. The van der Waals surface area contributed by atoms with E-state index < -0.39 is 23.4 Å². The van der Waals surface area contributed by atoms with Crippen LogP contribution in [0.25, 0.3) is 0 Å². The lowest BCUT2D eigenvalue weighted by molar-refractivity contribution is -0.299. The molecular formula is C10H19NO5. The third kappa shape index (κ3) is 9.26. The smallest absolute Gasteiger partial charge is 0.443 e. The SMILES string of the molecule is CC(C)(C)OOC(=O)NC(=O)OC(C)(C)C. The van der Waals surface area contributed by atoms with Crippen molar-refractivity contribution in [2.45, 2.75) is 52.7 Å². The van der Waals surface area contributed by atoms with E-state index in [1.54, 1.807) is 41.5 Å². The molecule has 0 fully saturated rings. The van der Waals surface area contributed by atoms with Crippen molar-refractivity contribution in [3.63, 3.8) is 0 Å². The highest BCUT2D eigenvalue weighted by molar-refractivity contribution is 5.87. The standard InChI is InChI=1S/C10H19NO5/c1-9(2,3)14-7(12)11-8(13)15-16-10(4,5)6/h1-6H3,(H,11,12,13). The molecule has 0 radical (unpaired) electrons. The highest BCUT2D eigenvalue weighted by atomic mass is 17.2. The van der Waals surface area contributed by atoms with Gasteiger partial charge in [-0.2, -0.15) is 4.89 Å². The van der Waals surface area contributed by atoms with Gasteiger partial charge in [-0.15, -0.1) is 0 Å². The molecule has 0 saturated carbocycles. The van der Waals surface area contributed by atoms with Crippen LogP contribution in [0.1, 0.15) is 41.5 Å². The number of rotatable bonds is 1. The maximum Gasteiger partial charge on any atom is 0.448 e. The largest absolute Gasteiger partial charge is 0.448 e. The van der Waals surface area contributed by atoms with Crippen LogP contribution in [0.15, 0.2) is 0 Å². The molecular weight excluding hydrogens is 214 g/mol. The Kier molecular flexibility index (Phi) is 4.74. The molecule has 0 aliphatic heterocycles. The molecule has 0 rings (SSSR count). The molecule has 0 aliphatic rings. The maximum atomic E-state index is 11.1. The van der Waals surface area contributed by atoms with Crippen molar-refractivity contribution in [3.8, 4) is 0 Å². The highest BCUT2D eigenvalue weighted by Crippen LogP contribution is 2.08. The second kappa shape index (κ2) is 5.16. The molecule has 0 bridgehead atoms. The Balaban J connectivity index is 3.93. The number of imide groups is 1. The molecule has 0 spiro atoms. The summed E-state index contributed by atoms with van der Waals surface area (Å²) >= 11 is 0. The van der Waals surface area contributed by atoms with E-state index in [2.05, 4.69) is 4.89 Å². The van der Waals surface area contributed by atoms with Crippen molar-refractivity contribution < 1.29 is 24.1 Å². The van der Waals surface area contributed by atoms with Crippen molar-refractivity contribution in [2.75, 3.05) is 0 Å². The molecule has 0 saturated heterocycles. The zero-order valence-corrected chi connectivity index (χ0v) is 10.5. The molecule has 0 aliphatic carbocycles. The Morgan fingerprint density at radius 2 is 1.38 bits per heavy atom. The Bertz CT molecular complexity index is 261. The van der Waals surface area contributed by atoms with E-state index in [1.165, 1.54) is 0 Å². The fraction of sp³-hybridized carbons (Fsp3) is 0.800. The minimum absolute atomic E-state index is 0.634. The predicted octanol–water partition coefficient (Wildman–Crippen LogP) is 2.38. The van der Waals surface area contributed by atoms with Crippen LogP contribution in [0.2, 0.25) is 0 Å². The molecule has 0 aromatic rings. The van der Waals surface area contributed by atoms with Gasteiger partial charge in [-0.05, 0) is 41.5 Å². The fourth-order valence-corrected chi connectivity index (χ4v) is 0.571. The van der Waals surface area contributed by atoms with Crippen LogP contribution in [0, 0.1) is 0 Å². The summed E-state index contributed by atoms with van der Waals surface area (Å²) in [5.41, 5.74) is -1.31. The molecule has 0 unspecified atom stereocenters. The van der Waals surface area contributed by atoms with Crippen molar-refractivity contribution in [1.29, 1.82) is 0 Å². The number of carbonyl (C=O) groups is 2. The van der Waals surface area contributed by atoms with Gasteiger partial charge in [-0.3, -0.25) is 4.89 Å². The third-order valence-electron chi connectivity index (χ3n) is 0.970. The fourth-order valence-electron chi connectivity index (χ4n) is 0.571. The van der Waals surface area contributed by atoms with Crippen molar-refractivity contribution >= 4 is 12.2 Å². The van der Waals surface area contributed by atoms with Crippen LogP contribution in [0.4, 0.5) is 9.59 Å². The number of alkyl carbamates (subject to hydrolysis) is 1. The van der Waals surface area contributed by atoms with Gasteiger partial charge in [0.2, 0.25) is 0 Å². The van der Waals surface area contributed by atoms with Crippen molar-refractivity contribution in [1.82, 2.24) is 5.32 Å². The summed E-state index contributed by atoms with van der Waals surface area (Å²) in [7, 11) is 0. The van der Waals surface area contributed by atoms with Crippen LogP contribution in [0.5, 0.6) is 0 Å². The number of ether oxygens (including phenoxy) is 1. The molecule has 0 atom stereocenters. The average Bonchev–Trinajstić information content (AvgIpc) is 1.95. The molecule has 94 valence electrons. The predicted molar refractivity (Wildman–Crippen MR) is 56.7 cm³/mol. The number of amides is 2. The van der Waals surface area contributed by atoms with Gasteiger partial charge < -0.3 is 4.74 Å². The minimum atomic E-state index is -1.01. The summed E-state index contributed by atoms with van der Waals surface area (Å²) < 4.78 is 4.83. The molecule has 1 N–H and O–H groups in total. The molecule has 16 heavy (non-hydrogen) atoms. The first-order chi connectivity index (χ1) is 6.99. The second-order valence-corrected chi connectivity index (χ2v) is 5.19. The van der Waals surface area contributed by atoms with Gasteiger partial charge in [0.25, 0.3) is 0 Å². The first-order valence-corrected chi connectivity index (χ1v) is 4.89. The normalized spacial score (nSPS) is 11.9. The third-order valence-corrected chi connectivity index (χ3v) is 0.970. The minimum Gasteiger partial charge on any atom is -0.443 e. The van der Waals surface area contributed by atoms with E-state index in [9.17, 15) is 9.59 Å². The molecule has 2 amide bonds. The van der Waals surface area contributed by atoms with Gasteiger partial charge in [0.15, 0.2) is 0 Å². The number of hydrogen-bond acceptors (Lipinski definition) is 5. The summed E-state index contributed by atoms with van der Waals surface area (Å²) in [5.74, 6) is 0. The summed E-state index contributed by atoms with van der Waals surface area (Å²) in [6.07, 6.45) is -1.89. The van der Waals surface area contributed by atoms with E-state index in [0.29, 0.717) is 0 Å². The monoisotopic (exact) mass is 233 g/mol. The molecule has 0 aromatic carbocycles. The summed E-state index contributed by atoms with van der Waals surface area (Å²) in [6.45, 7) is 10.2. The lowest BCUT2D eigenvalue weighted by atomic mass is 10.2. The van der Waals surface area contributed by atoms with E-state index in [1.807, 2.05) is 5.32 Å². The van der Waals surface area contributed by atoms with Gasteiger partial charge >= 0.3 is 12.2 Å². The Morgan fingerprint density at radius 1 is 0.875 bits per heavy atom. The van der Waals surface area contributed by atoms with E-state index in [-0.39, 0.29) is 0 Å². The maximum absolute atomic E-state index is 11.1. The Morgan fingerprint density at radius 3 is 1.75 bits per heavy atom. The molecule has 0 heterocycles. The van der Waals surface area contributed by atoms with Gasteiger partial charge in [0.1, 0.15) is 11.2 Å². The van der Waals surface area contributed by atoms with Gasteiger partial charge in [-0.1, -0.05) is 0 Å². The zero-order chi connectivity index (χ0) is 13.0. The number of hydrogen-bond donors (Lipinski definition) is 1. The second-order valence-electron chi connectivity index (χ2n) is 5.19. The molecule has 0 aromatic heterocycles. The first-order valence-electron chi connectivity index (χ1n) is 4.89. The summed E-state index contributed by atoms with van der Waals surface area (Å²) in [4.78, 5) is 31.2.